The van der Waals surface area contributed by atoms with E-state index in [1.54, 1.807) is 16.7 Å². The molecule has 1 atom stereocenters. The Hall–Kier alpha value is -1.74. The molecule has 0 N–H and O–H groups in total. The summed E-state index contributed by atoms with van der Waals surface area (Å²) in [7, 11) is 1.82. The molecule has 2 aromatic rings. The number of carbonyl (C=O) groups excluding carboxylic acids is 1. The molecule has 0 spiro atoms. The highest BCUT2D eigenvalue weighted by atomic mass is 32.2. The zero-order valence-corrected chi connectivity index (χ0v) is 12.9. The van der Waals surface area contributed by atoms with Crippen LogP contribution in [-0.4, -0.2) is 18.2 Å². The second-order valence-corrected chi connectivity index (χ2v) is 6.22. The maximum Gasteiger partial charge on any atom is 0.239 e. The van der Waals surface area contributed by atoms with E-state index >= 15 is 0 Å². The minimum Gasteiger partial charge on any atom is -0.315 e. The summed E-state index contributed by atoms with van der Waals surface area (Å²) in [6, 6.07) is 18.0. The van der Waals surface area contributed by atoms with E-state index in [-0.39, 0.29) is 11.2 Å². The molecule has 20 heavy (non-hydrogen) atoms. The SMILES string of the molecule is Cc1ccc(S[C@@H](C)C(=O)N(C)c2ccccc2)cc1. The Morgan fingerprint density at radius 1 is 1.05 bits per heavy atom. The Morgan fingerprint density at radius 3 is 2.25 bits per heavy atom. The van der Waals surface area contributed by atoms with Crippen molar-refractivity contribution in [3.63, 3.8) is 0 Å². The molecule has 1 amide bonds. The Morgan fingerprint density at radius 2 is 1.65 bits per heavy atom. The van der Waals surface area contributed by atoms with Gasteiger partial charge < -0.3 is 4.90 Å². The van der Waals surface area contributed by atoms with Crippen molar-refractivity contribution in [2.24, 2.45) is 0 Å². The molecule has 0 aliphatic heterocycles. The van der Waals surface area contributed by atoms with Gasteiger partial charge in [-0.3, -0.25) is 4.79 Å². The molecule has 0 aromatic heterocycles. The standard InChI is InChI=1S/C17H19NOS/c1-13-9-11-16(12-10-13)20-14(2)17(19)18(3)15-7-5-4-6-8-15/h4-12,14H,1-3H3/t14-/m0/s1. The lowest BCUT2D eigenvalue weighted by Gasteiger charge is -2.21. The highest BCUT2D eigenvalue weighted by Crippen LogP contribution is 2.25. The van der Waals surface area contributed by atoms with Crippen LogP contribution in [0.4, 0.5) is 5.69 Å². The number of aryl methyl sites for hydroxylation is 1. The monoisotopic (exact) mass is 285 g/mol. The molecule has 0 bridgehead atoms. The van der Waals surface area contributed by atoms with Crippen LogP contribution in [0.3, 0.4) is 0 Å². The zero-order chi connectivity index (χ0) is 14.5. The van der Waals surface area contributed by atoms with Gasteiger partial charge in [0.25, 0.3) is 0 Å². The third-order valence-corrected chi connectivity index (χ3v) is 4.26. The van der Waals surface area contributed by atoms with E-state index in [0.717, 1.165) is 10.6 Å². The van der Waals surface area contributed by atoms with Gasteiger partial charge in [-0.2, -0.15) is 0 Å². The predicted octanol–water partition coefficient (Wildman–Crippen LogP) is 4.14. The van der Waals surface area contributed by atoms with E-state index in [0.29, 0.717) is 0 Å². The number of benzene rings is 2. The molecule has 3 heteroatoms. The summed E-state index contributed by atoms with van der Waals surface area (Å²) in [6.07, 6.45) is 0. The summed E-state index contributed by atoms with van der Waals surface area (Å²) in [5, 5.41) is -0.108. The highest BCUT2D eigenvalue weighted by Gasteiger charge is 2.19. The average molecular weight is 285 g/mol. The molecule has 0 aliphatic carbocycles. The van der Waals surface area contributed by atoms with Gasteiger partial charge in [-0.05, 0) is 38.1 Å². The first-order valence-electron chi connectivity index (χ1n) is 6.64. The van der Waals surface area contributed by atoms with Crippen LogP contribution >= 0.6 is 11.8 Å². The largest absolute Gasteiger partial charge is 0.315 e. The first kappa shape index (κ1) is 14.7. The van der Waals surface area contributed by atoms with Crippen LogP contribution in [0.25, 0.3) is 0 Å². The van der Waals surface area contributed by atoms with E-state index in [4.69, 9.17) is 0 Å². The maximum absolute atomic E-state index is 12.4. The molecular weight excluding hydrogens is 266 g/mol. The van der Waals surface area contributed by atoms with Crippen LogP contribution in [-0.2, 0) is 4.79 Å². The number of para-hydroxylation sites is 1. The number of nitrogens with zero attached hydrogens (tertiary/aromatic N) is 1. The van der Waals surface area contributed by atoms with Crippen LogP contribution in [0.2, 0.25) is 0 Å². The number of anilines is 1. The fourth-order valence-corrected chi connectivity index (χ4v) is 2.88. The van der Waals surface area contributed by atoms with Gasteiger partial charge in [-0.15, -0.1) is 11.8 Å². The van der Waals surface area contributed by atoms with Gasteiger partial charge >= 0.3 is 0 Å². The molecule has 0 saturated carbocycles. The fraction of sp³-hybridized carbons (Fsp3) is 0.235. The second-order valence-electron chi connectivity index (χ2n) is 4.81. The molecule has 0 unspecified atom stereocenters. The van der Waals surface area contributed by atoms with Crippen molar-refractivity contribution in [1.29, 1.82) is 0 Å². The van der Waals surface area contributed by atoms with Gasteiger partial charge in [0.05, 0.1) is 5.25 Å². The second kappa shape index (κ2) is 6.62. The Kier molecular flexibility index (Phi) is 4.85. The van der Waals surface area contributed by atoms with E-state index in [9.17, 15) is 4.79 Å². The predicted molar refractivity (Wildman–Crippen MR) is 86.4 cm³/mol. The van der Waals surface area contributed by atoms with Crippen molar-refractivity contribution < 1.29 is 4.79 Å². The molecule has 2 rings (SSSR count). The molecular formula is C17H19NOS. The highest BCUT2D eigenvalue weighted by molar-refractivity contribution is 8.00. The quantitative estimate of drug-likeness (QED) is 0.787. The van der Waals surface area contributed by atoms with Gasteiger partial charge in [0.1, 0.15) is 0 Å². The average Bonchev–Trinajstić information content (AvgIpc) is 2.49. The van der Waals surface area contributed by atoms with Crippen molar-refractivity contribution in [3.05, 3.63) is 60.2 Å². The van der Waals surface area contributed by atoms with Gasteiger partial charge in [0.2, 0.25) is 5.91 Å². The van der Waals surface area contributed by atoms with Crippen LogP contribution in [0.15, 0.2) is 59.5 Å². The van der Waals surface area contributed by atoms with Crippen LogP contribution in [0.1, 0.15) is 12.5 Å². The van der Waals surface area contributed by atoms with E-state index in [1.807, 2.05) is 44.3 Å². The lowest BCUT2D eigenvalue weighted by atomic mass is 10.2. The molecule has 0 heterocycles. The minimum atomic E-state index is -0.108. The first-order chi connectivity index (χ1) is 9.58. The van der Waals surface area contributed by atoms with Crippen molar-refractivity contribution in [2.45, 2.75) is 24.0 Å². The number of hydrogen-bond acceptors (Lipinski definition) is 2. The first-order valence-corrected chi connectivity index (χ1v) is 7.52. The summed E-state index contributed by atoms with van der Waals surface area (Å²) in [4.78, 5) is 15.3. The van der Waals surface area contributed by atoms with Gasteiger partial charge in [0, 0.05) is 17.6 Å². The van der Waals surface area contributed by atoms with Gasteiger partial charge in [-0.25, -0.2) is 0 Å². The van der Waals surface area contributed by atoms with Crippen LogP contribution in [0.5, 0.6) is 0 Å². The third kappa shape index (κ3) is 3.64. The normalized spacial score (nSPS) is 11.9. The summed E-state index contributed by atoms with van der Waals surface area (Å²) >= 11 is 1.59. The van der Waals surface area contributed by atoms with Crippen molar-refractivity contribution in [1.82, 2.24) is 0 Å². The summed E-state index contributed by atoms with van der Waals surface area (Å²) in [5.74, 6) is 0.113. The number of thioether (sulfide) groups is 1. The van der Waals surface area contributed by atoms with E-state index in [2.05, 4.69) is 31.2 Å². The molecule has 0 saturated heterocycles. The number of rotatable bonds is 4. The van der Waals surface area contributed by atoms with Gasteiger partial charge in [0.15, 0.2) is 0 Å². The third-order valence-electron chi connectivity index (χ3n) is 3.16. The molecule has 104 valence electrons. The number of hydrogen-bond donors (Lipinski definition) is 0. The van der Waals surface area contributed by atoms with Crippen LogP contribution in [0, 0.1) is 6.92 Å². The molecule has 2 aromatic carbocycles. The van der Waals surface area contributed by atoms with Crippen molar-refractivity contribution in [3.8, 4) is 0 Å². The summed E-state index contributed by atoms with van der Waals surface area (Å²) in [6.45, 7) is 4.01. The Labute approximate surface area is 124 Å². The lowest BCUT2D eigenvalue weighted by molar-refractivity contribution is -0.117. The lowest BCUT2D eigenvalue weighted by Crippen LogP contribution is -2.33. The summed E-state index contributed by atoms with van der Waals surface area (Å²) < 4.78 is 0. The number of carbonyl (C=O) groups is 1. The topological polar surface area (TPSA) is 20.3 Å². The molecule has 0 fully saturated rings. The van der Waals surface area contributed by atoms with Crippen LogP contribution < -0.4 is 4.90 Å². The smallest absolute Gasteiger partial charge is 0.239 e. The molecule has 0 radical (unpaired) electrons. The fourth-order valence-electron chi connectivity index (χ4n) is 1.92. The zero-order valence-electron chi connectivity index (χ0n) is 12.0. The minimum absolute atomic E-state index is 0.108. The Balaban J connectivity index is 2.03. The Bertz CT molecular complexity index is 565. The van der Waals surface area contributed by atoms with Crippen molar-refractivity contribution >= 4 is 23.4 Å². The van der Waals surface area contributed by atoms with E-state index in [1.165, 1.54) is 5.56 Å². The summed E-state index contributed by atoms with van der Waals surface area (Å²) in [5.41, 5.74) is 2.16. The van der Waals surface area contributed by atoms with Crippen molar-refractivity contribution in [2.75, 3.05) is 11.9 Å². The maximum atomic E-state index is 12.4. The number of amides is 1. The van der Waals surface area contributed by atoms with E-state index < -0.39 is 0 Å². The van der Waals surface area contributed by atoms with Gasteiger partial charge in [-0.1, -0.05) is 35.9 Å². The molecule has 0 aliphatic rings. The molecule has 2 nitrogen and oxygen atoms in total.